The van der Waals surface area contributed by atoms with Crippen LogP contribution in [0.4, 0.5) is 0 Å². The number of ether oxygens (including phenoxy) is 1. The fraction of sp³-hybridized carbons (Fsp3) is 0.632. The van der Waals surface area contributed by atoms with Gasteiger partial charge in [0.2, 0.25) is 10.0 Å². The van der Waals surface area contributed by atoms with Crippen LogP contribution in [0, 0.1) is 0 Å². The second-order valence-electron chi connectivity index (χ2n) is 7.40. The SMILES string of the molecule is COc1ccc(C(=O)N2CCCCC2C(C)N)cc1S(=O)(=O)N1CCCC1. The van der Waals surface area contributed by atoms with Gasteiger partial charge in [-0.2, -0.15) is 4.31 Å². The predicted octanol–water partition coefficient (Wildman–Crippen LogP) is 1.82. The molecular formula is C19H29N3O4S. The first-order valence-corrected chi connectivity index (χ1v) is 11.0. The molecule has 0 saturated carbocycles. The summed E-state index contributed by atoms with van der Waals surface area (Å²) in [6.07, 6.45) is 4.56. The Morgan fingerprint density at radius 3 is 2.48 bits per heavy atom. The molecule has 0 bridgehead atoms. The van der Waals surface area contributed by atoms with Gasteiger partial charge in [-0.05, 0) is 57.2 Å². The van der Waals surface area contributed by atoms with E-state index >= 15 is 0 Å². The molecule has 2 fully saturated rings. The third-order valence-corrected chi connectivity index (χ3v) is 7.43. The van der Waals surface area contributed by atoms with Gasteiger partial charge in [-0.25, -0.2) is 8.42 Å². The molecule has 7 nitrogen and oxygen atoms in total. The Hall–Kier alpha value is -1.64. The van der Waals surface area contributed by atoms with Crippen molar-refractivity contribution in [3.05, 3.63) is 23.8 Å². The predicted molar refractivity (Wildman–Crippen MR) is 103 cm³/mol. The molecule has 1 amide bonds. The summed E-state index contributed by atoms with van der Waals surface area (Å²) in [4.78, 5) is 15.0. The Bertz CT molecular complexity index is 788. The van der Waals surface area contributed by atoms with E-state index in [4.69, 9.17) is 10.5 Å². The number of nitrogens with two attached hydrogens (primary N) is 1. The summed E-state index contributed by atoms with van der Waals surface area (Å²) in [5.74, 6) is 0.0957. The van der Waals surface area contributed by atoms with Gasteiger partial charge in [0.1, 0.15) is 10.6 Å². The van der Waals surface area contributed by atoms with Crippen LogP contribution in [-0.2, 0) is 10.0 Å². The minimum absolute atomic E-state index is 0.0213. The highest BCUT2D eigenvalue weighted by Crippen LogP contribution is 2.31. The number of piperidine rings is 1. The molecule has 2 heterocycles. The van der Waals surface area contributed by atoms with Gasteiger partial charge in [-0.3, -0.25) is 4.79 Å². The number of carbonyl (C=O) groups is 1. The fourth-order valence-electron chi connectivity index (χ4n) is 4.00. The lowest BCUT2D eigenvalue weighted by Gasteiger charge is -2.38. The summed E-state index contributed by atoms with van der Waals surface area (Å²) in [6.45, 7) is 3.56. The number of benzene rings is 1. The minimum atomic E-state index is -3.69. The number of likely N-dealkylation sites (tertiary alicyclic amines) is 1. The number of nitrogens with zero attached hydrogens (tertiary/aromatic N) is 2. The monoisotopic (exact) mass is 395 g/mol. The van der Waals surface area contributed by atoms with E-state index in [2.05, 4.69) is 0 Å². The van der Waals surface area contributed by atoms with Crippen LogP contribution >= 0.6 is 0 Å². The van der Waals surface area contributed by atoms with Crippen LogP contribution in [0.3, 0.4) is 0 Å². The third kappa shape index (κ3) is 3.97. The van der Waals surface area contributed by atoms with Crippen molar-refractivity contribution in [1.82, 2.24) is 9.21 Å². The smallest absolute Gasteiger partial charge is 0.254 e. The maximum atomic E-state index is 13.1. The molecule has 1 aromatic rings. The third-order valence-electron chi connectivity index (χ3n) is 5.51. The van der Waals surface area contributed by atoms with E-state index in [0.717, 1.165) is 32.1 Å². The molecule has 3 rings (SSSR count). The van der Waals surface area contributed by atoms with E-state index in [9.17, 15) is 13.2 Å². The van der Waals surface area contributed by atoms with Crippen molar-refractivity contribution in [2.75, 3.05) is 26.7 Å². The van der Waals surface area contributed by atoms with Crippen molar-refractivity contribution in [3.63, 3.8) is 0 Å². The van der Waals surface area contributed by atoms with Crippen LogP contribution in [0.25, 0.3) is 0 Å². The molecule has 8 heteroatoms. The van der Waals surface area contributed by atoms with Crippen molar-refractivity contribution < 1.29 is 17.9 Å². The molecule has 150 valence electrons. The molecule has 2 atom stereocenters. The van der Waals surface area contributed by atoms with Crippen molar-refractivity contribution >= 4 is 15.9 Å². The highest BCUT2D eigenvalue weighted by Gasteiger charge is 2.33. The highest BCUT2D eigenvalue weighted by molar-refractivity contribution is 7.89. The average molecular weight is 396 g/mol. The quantitative estimate of drug-likeness (QED) is 0.821. The van der Waals surface area contributed by atoms with E-state index in [1.54, 1.807) is 17.0 Å². The summed E-state index contributed by atoms with van der Waals surface area (Å²) < 4.78 is 32.8. The average Bonchev–Trinajstić information content (AvgIpc) is 3.22. The standard InChI is InChI=1S/C19H29N3O4S/c1-14(20)16-7-3-4-12-22(16)19(23)15-8-9-17(26-2)18(13-15)27(24,25)21-10-5-6-11-21/h8-9,13-14,16H,3-7,10-12,20H2,1-2H3. The number of amides is 1. The van der Waals surface area contributed by atoms with Crippen molar-refractivity contribution in [3.8, 4) is 5.75 Å². The lowest BCUT2D eigenvalue weighted by Crippen LogP contribution is -2.51. The molecule has 1 aromatic carbocycles. The van der Waals surface area contributed by atoms with E-state index in [-0.39, 0.29) is 28.6 Å². The summed E-state index contributed by atoms with van der Waals surface area (Å²) in [5, 5.41) is 0. The Kier molecular flexibility index (Phi) is 6.08. The Morgan fingerprint density at radius 2 is 1.85 bits per heavy atom. The van der Waals surface area contributed by atoms with Crippen LogP contribution < -0.4 is 10.5 Å². The molecule has 2 saturated heterocycles. The van der Waals surface area contributed by atoms with Gasteiger partial charge in [0.05, 0.1) is 7.11 Å². The maximum absolute atomic E-state index is 13.1. The summed E-state index contributed by atoms with van der Waals surface area (Å²) >= 11 is 0. The zero-order valence-electron chi connectivity index (χ0n) is 16.1. The molecule has 2 unspecified atom stereocenters. The molecule has 2 aliphatic heterocycles. The number of hydrogen-bond acceptors (Lipinski definition) is 5. The van der Waals surface area contributed by atoms with E-state index < -0.39 is 10.0 Å². The molecule has 27 heavy (non-hydrogen) atoms. The number of rotatable bonds is 5. The van der Waals surface area contributed by atoms with Crippen molar-refractivity contribution in [2.24, 2.45) is 5.73 Å². The van der Waals surface area contributed by atoms with Gasteiger partial charge >= 0.3 is 0 Å². The molecule has 2 N–H and O–H groups in total. The molecular weight excluding hydrogens is 366 g/mol. The van der Waals surface area contributed by atoms with Crippen LogP contribution in [0.15, 0.2) is 23.1 Å². The molecule has 0 spiro atoms. The van der Waals surface area contributed by atoms with E-state index in [0.29, 0.717) is 25.2 Å². The van der Waals surface area contributed by atoms with E-state index in [1.807, 2.05) is 6.92 Å². The number of sulfonamides is 1. The first-order chi connectivity index (χ1) is 12.9. The van der Waals surface area contributed by atoms with Crippen molar-refractivity contribution in [1.29, 1.82) is 0 Å². The van der Waals surface area contributed by atoms with Crippen LogP contribution in [0.2, 0.25) is 0 Å². The summed E-state index contributed by atoms with van der Waals surface area (Å²) in [6, 6.07) is 4.52. The second kappa shape index (κ2) is 8.16. The van der Waals surface area contributed by atoms with Crippen LogP contribution in [0.5, 0.6) is 5.75 Å². The van der Waals surface area contributed by atoms with Crippen LogP contribution in [-0.4, -0.2) is 62.4 Å². The second-order valence-corrected chi connectivity index (χ2v) is 9.30. The fourth-order valence-corrected chi connectivity index (χ4v) is 5.70. The minimum Gasteiger partial charge on any atom is -0.495 e. The number of carbonyl (C=O) groups excluding carboxylic acids is 1. The Morgan fingerprint density at radius 1 is 1.19 bits per heavy atom. The molecule has 0 radical (unpaired) electrons. The Balaban J connectivity index is 1.96. The first-order valence-electron chi connectivity index (χ1n) is 9.61. The lowest BCUT2D eigenvalue weighted by atomic mass is 9.96. The van der Waals surface area contributed by atoms with Gasteiger partial charge < -0.3 is 15.4 Å². The van der Waals surface area contributed by atoms with Gasteiger partial charge in [-0.15, -0.1) is 0 Å². The number of hydrogen-bond donors (Lipinski definition) is 1. The van der Waals surface area contributed by atoms with E-state index in [1.165, 1.54) is 17.5 Å². The normalized spacial score (nSPS) is 22.6. The summed E-state index contributed by atoms with van der Waals surface area (Å²) in [7, 11) is -2.24. The highest BCUT2D eigenvalue weighted by atomic mass is 32.2. The Labute approximate surface area is 161 Å². The first kappa shape index (κ1) is 20.1. The maximum Gasteiger partial charge on any atom is 0.254 e. The lowest BCUT2D eigenvalue weighted by molar-refractivity contribution is 0.0583. The summed E-state index contributed by atoms with van der Waals surface area (Å²) in [5.41, 5.74) is 6.45. The van der Waals surface area contributed by atoms with Gasteiger partial charge in [0, 0.05) is 37.3 Å². The number of methoxy groups -OCH3 is 1. The molecule has 2 aliphatic rings. The van der Waals surface area contributed by atoms with Gasteiger partial charge in [-0.1, -0.05) is 0 Å². The van der Waals surface area contributed by atoms with Gasteiger partial charge in [0.25, 0.3) is 5.91 Å². The molecule has 0 aromatic heterocycles. The zero-order chi connectivity index (χ0) is 19.6. The zero-order valence-corrected chi connectivity index (χ0v) is 16.9. The largest absolute Gasteiger partial charge is 0.495 e. The van der Waals surface area contributed by atoms with Crippen molar-refractivity contribution in [2.45, 2.75) is 56.0 Å². The van der Waals surface area contributed by atoms with Gasteiger partial charge in [0.15, 0.2) is 0 Å². The topological polar surface area (TPSA) is 92.9 Å². The van der Waals surface area contributed by atoms with Crippen LogP contribution in [0.1, 0.15) is 49.4 Å². The molecule has 0 aliphatic carbocycles.